The average Bonchev–Trinajstić information content (AvgIpc) is 2.43. The molecule has 0 saturated heterocycles. The summed E-state index contributed by atoms with van der Waals surface area (Å²) in [7, 11) is 0. The molecular weight excluding hydrogens is 246 g/mol. The molecule has 0 aliphatic carbocycles. The molecule has 0 radical (unpaired) electrons. The van der Waals surface area contributed by atoms with Crippen molar-refractivity contribution in [2.24, 2.45) is 5.73 Å². The Morgan fingerprint density at radius 3 is 2.16 bits per heavy atom. The average molecular weight is 270 g/mol. The SMILES string of the molecule is CCN(Cc1ccc(F)c(F)c1)C(CC)(CC)CN. The van der Waals surface area contributed by atoms with E-state index >= 15 is 0 Å². The zero-order chi connectivity index (χ0) is 14.5. The van der Waals surface area contributed by atoms with Gasteiger partial charge in [-0.05, 0) is 37.1 Å². The lowest BCUT2D eigenvalue weighted by Gasteiger charge is -2.42. The molecule has 2 N–H and O–H groups in total. The summed E-state index contributed by atoms with van der Waals surface area (Å²) in [4.78, 5) is 2.25. The molecule has 2 nitrogen and oxygen atoms in total. The van der Waals surface area contributed by atoms with Gasteiger partial charge in [-0.25, -0.2) is 8.78 Å². The van der Waals surface area contributed by atoms with Gasteiger partial charge in [-0.2, -0.15) is 0 Å². The Labute approximate surface area is 114 Å². The molecule has 0 bridgehead atoms. The topological polar surface area (TPSA) is 29.3 Å². The minimum Gasteiger partial charge on any atom is -0.329 e. The fraction of sp³-hybridized carbons (Fsp3) is 0.600. The van der Waals surface area contributed by atoms with E-state index in [1.165, 1.54) is 12.1 Å². The summed E-state index contributed by atoms with van der Waals surface area (Å²) in [6.45, 7) is 8.28. The fourth-order valence-corrected chi connectivity index (χ4v) is 2.59. The summed E-state index contributed by atoms with van der Waals surface area (Å²) < 4.78 is 26.2. The van der Waals surface area contributed by atoms with E-state index in [1.807, 2.05) is 0 Å². The molecule has 0 saturated carbocycles. The van der Waals surface area contributed by atoms with Gasteiger partial charge in [0.2, 0.25) is 0 Å². The van der Waals surface area contributed by atoms with Crippen LogP contribution < -0.4 is 5.73 Å². The van der Waals surface area contributed by atoms with Gasteiger partial charge in [-0.3, -0.25) is 4.90 Å². The van der Waals surface area contributed by atoms with Gasteiger partial charge in [0.1, 0.15) is 0 Å². The van der Waals surface area contributed by atoms with Crippen LogP contribution in [0.1, 0.15) is 39.2 Å². The monoisotopic (exact) mass is 270 g/mol. The number of rotatable bonds is 7. The van der Waals surface area contributed by atoms with Gasteiger partial charge < -0.3 is 5.73 Å². The second kappa shape index (κ2) is 6.96. The van der Waals surface area contributed by atoms with Crippen LogP contribution in [0.5, 0.6) is 0 Å². The molecule has 1 rings (SSSR count). The van der Waals surface area contributed by atoms with Crippen molar-refractivity contribution >= 4 is 0 Å². The highest BCUT2D eigenvalue weighted by atomic mass is 19.2. The Bertz CT molecular complexity index is 395. The number of benzene rings is 1. The van der Waals surface area contributed by atoms with Crippen molar-refractivity contribution in [3.05, 3.63) is 35.4 Å². The van der Waals surface area contributed by atoms with Crippen LogP contribution in [0, 0.1) is 11.6 Å². The second-order valence-electron chi connectivity index (χ2n) is 4.90. The van der Waals surface area contributed by atoms with E-state index in [9.17, 15) is 8.78 Å². The minimum absolute atomic E-state index is 0.0698. The zero-order valence-electron chi connectivity index (χ0n) is 12.0. The van der Waals surface area contributed by atoms with Crippen LogP contribution in [0.15, 0.2) is 18.2 Å². The maximum Gasteiger partial charge on any atom is 0.159 e. The summed E-state index contributed by atoms with van der Waals surface area (Å²) in [6, 6.07) is 4.08. The van der Waals surface area contributed by atoms with E-state index in [4.69, 9.17) is 5.73 Å². The summed E-state index contributed by atoms with van der Waals surface area (Å²) in [5.41, 5.74) is 6.65. The third-order valence-corrected chi connectivity index (χ3v) is 4.11. The fourth-order valence-electron chi connectivity index (χ4n) is 2.59. The van der Waals surface area contributed by atoms with Crippen molar-refractivity contribution in [3.63, 3.8) is 0 Å². The highest BCUT2D eigenvalue weighted by Crippen LogP contribution is 2.25. The van der Waals surface area contributed by atoms with E-state index in [-0.39, 0.29) is 5.54 Å². The molecule has 0 atom stereocenters. The van der Waals surface area contributed by atoms with Crippen LogP contribution in [-0.2, 0) is 6.54 Å². The summed E-state index contributed by atoms with van der Waals surface area (Å²) in [5.74, 6) is -1.59. The van der Waals surface area contributed by atoms with E-state index in [0.29, 0.717) is 13.1 Å². The summed E-state index contributed by atoms with van der Waals surface area (Å²) in [5, 5.41) is 0. The quantitative estimate of drug-likeness (QED) is 0.823. The summed E-state index contributed by atoms with van der Waals surface area (Å²) in [6.07, 6.45) is 1.88. The number of likely N-dealkylation sites (N-methyl/N-ethyl adjacent to an activating group) is 1. The van der Waals surface area contributed by atoms with Gasteiger partial charge in [0, 0.05) is 18.6 Å². The van der Waals surface area contributed by atoms with Gasteiger partial charge in [-0.15, -0.1) is 0 Å². The van der Waals surface area contributed by atoms with E-state index < -0.39 is 11.6 Å². The van der Waals surface area contributed by atoms with Crippen LogP contribution in [0.25, 0.3) is 0 Å². The van der Waals surface area contributed by atoms with Crippen LogP contribution in [0.2, 0.25) is 0 Å². The van der Waals surface area contributed by atoms with Crippen LogP contribution in [0.3, 0.4) is 0 Å². The van der Waals surface area contributed by atoms with E-state index in [1.54, 1.807) is 6.07 Å². The molecule has 0 unspecified atom stereocenters. The van der Waals surface area contributed by atoms with Crippen molar-refractivity contribution < 1.29 is 8.78 Å². The van der Waals surface area contributed by atoms with Crippen LogP contribution in [-0.4, -0.2) is 23.5 Å². The number of hydrogen-bond donors (Lipinski definition) is 1. The molecule has 108 valence electrons. The first-order valence-corrected chi connectivity index (χ1v) is 6.92. The first kappa shape index (κ1) is 16.1. The smallest absolute Gasteiger partial charge is 0.159 e. The normalized spacial score (nSPS) is 12.2. The summed E-state index contributed by atoms with van der Waals surface area (Å²) >= 11 is 0. The Morgan fingerprint density at radius 1 is 1.11 bits per heavy atom. The Kier molecular flexibility index (Phi) is 5.88. The molecule has 0 heterocycles. The van der Waals surface area contributed by atoms with Gasteiger partial charge in [-0.1, -0.05) is 26.8 Å². The Morgan fingerprint density at radius 2 is 1.74 bits per heavy atom. The van der Waals surface area contributed by atoms with Crippen molar-refractivity contribution in [3.8, 4) is 0 Å². The highest BCUT2D eigenvalue weighted by molar-refractivity contribution is 5.18. The van der Waals surface area contributed by atoms with Crippen molar-refractivity contribution in [2.75, 3.05) is 13.1 Å². The second-order valence-corrected chi connectivity index (χ2v) is 4.90. The molecular formula is C15H24F2N2. The van der Waals surface area contributed by atoms with Gasteiger partial charge in [0.25, 0.3) is 0 Å². The predicted molar refractivity (Wildman–Crippen MR) is 74.8 cm³/mol. The Hall–Kier alpha value is -1.00. The number of nitrogens with zero attached hydrogens (tertiary/aromatic N) is 1. The van der Waals surface area contributed by atoms with Crippen molar-refractivity contribution in [2.45, 2.75) is 45.7 Å². The third-order valence-electron chi connectivity index (χ3n) is 4.11. The van der Waals surface area contributed by atoms with Gasteiger partial charge in [0.15, 0.2) is 11.6 Å². The molecule has 1 aromatic carbocycles. The largest absolute Gasteiger partial charge is 0.329 e. The van der Waals surface area contributed by atoms with Crippen molar-refractivity contribution in [1.29, 1.82) is 0 Å². The lowest BCUT2D eigenvalue weighted by molar-refractivity contribution is 0.0827. The van der Waals surface area contributed by atoms with Crippen molar-refractivity contribution in [1.82, 2.24) is 4.90 Å². The van der Waals surface area contributed by atoms with Crippen LogP contribution >= 0.6 is 0 Å². The molecule has 0 fully saturated rings. The maximum atomic E-state index is 13.3. The maximum absolute atomic E-state index is 13.3. The number of nitrogens with two attached hydrogens (primary N) is 1. The molecule has 1 aromatic rings. The standard InChI is InChI=1S/C15H24F2N2/c1-4-15(5-2,11-18)19(6-3)10-12-7-8-13(16)14(17)9-12/h7-9H,4-6,10-11,18H2,1-3H3. The third kappa shape index (κ3) is 3.51. The molecule has 0 spiro atoms. The highest BCUT2D eigenvalue weighted by Gasteiger charge is 2.30. The molecule has 0 aliphatic heterocycles. The van der Waals surface area contributed by atoms with Crippen LogP contribution in [0.4, 0.5) is 8.78 Å². The van der Waals surface area contributed by atoms with Gasteiger partial charge in [0.05, 0.1) is 0 Å². The van der Waals surface area contributed by atoms with E-state index in [2.05, 4.69) is 25.7 Å². The first-order valence-electron chi connectivity index (χ1n) is 6.92. The lowest BCUT2D eigenvalue weighted by atomic mass is 9.90. The van der Waals surface area contributed by atoms with E-state index in [0.717, 1.165) is 24.9 Å². The molecule has 0 aliphatic rings. The molecule has 0 aromatic heterocycles. The molecule has 19 heavy (non-hydrogen) atoms. The molecule has 0 amide bonds. The number of hydrogen-bond acceptors (Lipinski definition) is 2. The zero-order valence-corrected chi connectivity index (χ0v) is 12.0. The predicted octanol–water partition coefficient (Wildman–Crippen LogP) is 3.30. The van der Waals surface area contributed by atoms with Gasteiger partial charge >= 0.3 is 0 Å². The minimum atomic E-state index is -0.803. The number of halogens is 2. The molecule has 4 heteroatoms. The first-order chi connectivity index (χ1) is 9.02. The Balaban J connectivity index is 2.95. The lowest BCUT2D eigenvalue weighted by Crippen LogP contribution is -2.52.